The SMILES string of the molecule is Cc1ccccc1.O=Cc1ccccc1P=O.[H-].[Na+]. The second kappa shape index (κ2) is 10.2. The maximum Gasteiger partial charge on any atom is 1.00 e. The average Bonchev–Trinajstić information content (AvgIpc) is 2.40. The van der Waals surface area contributed by atoms with Gasteiger partial charge in [0.25, 0.3) is 0 Å². The Balaban J connectivity index is 0. The molecule has 0 bridgehead atoms. The molecule has 2 aromatic carbocycles. The van der Waals surface area contributed by atoms with Crippen LogP contribution in [-0.2, 0) is 4.57 Å². The van der Waals surface area contributed by atoms with Crippen molar-refractivity contribution >= 4 is 20.1 Å². The zero-order chi connectivity index (χ0) is 12.5. The average molecular weight is 268 g/mol. The van der Waals surface area contributed by atoms with Crippen LogP contribution in [-0.4, -0.2) is 6.29 Å². The Hall–Kier alpha value is -0.790. The van der Waals surface area contributed by atoms with E-state index in [0.717, 1.165) is 0 Å². The van der Waals surface area contributed by atoms with Crippen LogP contribution >= 0.6 is 8.46 Å². The number of aryl methyl sites for hydroxylation is 1. The minimum absolute atomic E-state index is 0. The number of hydrogen-bond donors (Lipinski definition) is 0. The van der Waals surface area contributed by atoms with Gasteiger partial charge in [-0.05, 0) is 13.0 Å². The fourth-order valence-corrected chi connectivity index (χ4v) is 1.58. The molecule has 2 nitrogen and oxygen atoms in total. The summed E-state index contributed by atoms with van der Waals surface area (Å²) in [6.45, 7) is 2.08. The van der Waals surface area contributed by atoms with Crippen LogP contribution in [0, 0.1) is 6.92 Å². The van der Waals surface area contributed by atoms with Gasteiger partial charge in [0.05, 0.1) is 5.30 Å². The minimum Gasteiger partial charge on any atom is -1.00 e. The van der Waals surface area contributed by atoms with E-state index in [-0.39, 0.29) is 39.4 Å². The van der Waals surface area contributed by atoms with Crippen LogP contribution in [0.25, 0.3) is 0 Å². The Morgan fingerprint density at radius 1 is 1.00 bits per heavy atom. The van der Waals surface area contributed by atoms with Gasteiger partial charge in [-0.2, -0.15) is 0 Å². The van der Waals surface area contributed by atoms with Gasteiger partial charge in [0.2, 0.25) is 0 Å². The molecule has 0 amide bonds. The number of carbonyl (C=O) groups excluding carboxylic acids is 1. The number of rotatable bonds is 2. The van der Waals surface area contributed by atoms with Crippen LogP contribution in [0.1, 0.15) is 17.3 Å². The van der Waals surface area contributed by atoms with E-state index >= 15 is 0 Å². The van der Waals surface area contributed by atoms with Gasteiger partial charge in [-0.1, -0.05) is 54.1 Å². The molecular formula is C14H14NaO2P. The first-order valence-electron chi connectivity index (χ1n) is 5.17. The van der Waals surface area contributed by atoms with Gasteiger partial charge >= 0.3 is 29.6 Å². The predicted molar refractivity (Wildman–Crippen MR) is 71.4 cm³/mol. The molecule has 0 heterocycles. The van der Waals surface area contributed by atoms with Crippen molar-refractivity contribution in [3.8, 4) is 0 Å². The third-order valence-electron chi connectivity index (χ3n) is 2.10. The monoisotopic (exact) mass is 268 g/mol. The van der Waals surface area contributed by atoms with Gasteiger partial charge in [0, 0.05) is 5.56 Å². The Morgan fingerprint density at radius 2 is 1.56 bits per heavy atom. The van der Waals surface area contributed by atoms with E-state index in [1.165, 1.54) is 5.56 Å². The molecule has 0 saturated carbocycles. The van der Waals surface area contributed by atoms with Crippen LogP contribution in [0.4, 0.5) is 0 Å². The molecule has 2 aromatic rings. The molecule has 4 heteroatoms. The summed E-state index contributed by atoms with van der Waals surface area (Å²) in [5, 5.41) is 0.539. The van der Waals surface area contributed by atoms with Crippen molar-refractivity contribution < 1.29 is 40.3 Å². The molecule has 0 aliphatic rings. The van der Waals surface area contributed by atoms with Gasteiger partial charge in [-0.25, -0.2) is 0 Å². The van der Waals surface area contributed by atoms with E-state index in [1.807, 2.05) is 18.2 Å². The molecule has 0 spiro atoms. The molecule has 0 fully saturated rings. The van der Waals surface area contributed by atoms with E-state index in [4.69, 9.17) is 0 Å². The molecule has 0 aliphatic heterocycles. The normalized spacial score (nSPS) is 8.72. The van der Waals surface area contributed by atoms with Crippen LogP contribution in [0.3, 0.4) is 0 Å². The number of benzene rings is 2. The van der Waals surface area contributed by atoms with E-state index < -0.39 is 0 Å². The van der Waals surface area contributed by atoms with Gasteiger partial charge < -0.3 is 1.43 Å². The van der Waals surface area contributed by atoms with Gasteiger partial charge in [0.1, 0.15) is 0 Å². The second-order valence-electron chi connectivity index (χ2n) is 3.42. The van der Waals surface area contributed by atoms with Crippen molar-refractivity contribution in [3.63, 3.8) is 0 Å². The van der Waals surface area contributed by atoms with Crippen molar-refractivity contribution in [2.75, 3.05) is 0 Å². The smallest absolute Gasteiger partial charge is 1.00 e. The fraction of sp³-hybridized carbons (Fsp3) is 0.0714. The largest absolute Gasteiger partial charge is 1.00 e. The third-order valence-corrected chi connectivity index (χ3v) is 2.71. The van der Waals surface area contributed by atoms with Crippen molar-refractivity contribution in [1.29, 1.82) is 0 Å². The Kier molecular flexibility index (Phi) is 9.72. The fourth-order valence-electron chi connectivity index (χ4n) is 1.20. The van der Waals surface area contributed by atoms with Crippen LogP contribution in [0.2, 0.25) is 0 Å². The standard InChI is InChI=1S/C7H5O2P.C7H8.Na.H/c8-5-6-3-1-2-4-7(6)10-9;1-7-5-3-2-4-6-7;;/h1-5H;2-6H,1H3;;/q;;+1;-1. The molecule has 0 aromatic heterocycles. The number of aldehydes is 1. The van der Waals surface area contributed by atoms with Gasteiger partial charge in [0.15, 0.2) is 14.7 Å². The Morgan fingerprint density at radius 3 is 1.94 bits per heavy atom. The van der Waals surface area contributed by atoms with Crippen LogP contribution in [0.5, 0.6) is 0 Å². The molecule has 88 valence electrons. The van der Waals surface area contributed by atoms with Crippen molar-refractivity contribution in [2.24, 2.45) is 0 Å². The number of hydrogen-bond acceptors (Lipinski definition) is 2. The Bertz CT molecular complexity index is 465. The zero-order valence-electron chi connectivity index (χ0n) is 11.5. The minimum atomic E-state index is -0.103. The first-order valence-corrected chi connectivity index (χ1v) is 5.98. The van der Waals surface area contributed by atoms with Gasteiger partial charge in [-0.15, -0.1) is 0 Å². The molecule has 0 radical (unpaired) electrons. The molecular weight excluding hydrogens is 254 g/mol. The Labute approximate surface area is 132 Å². The van der Waals surface area contributed by atoms with E-state index in [9.17, 15) is 9.36 Å². The third kappa shape index (κ3) is 6.23. The zero-order valence-corrected chi connectivity index (χ0v) is 13.4. The van der Waals surface area contributed by atoms with Crippen molar-refractivity contribution in [1.82, 2.24) is 0 Å². The first-order chi connectivity index (χ1) is 8.27. The summed E-state index contributed by atoms with van der Waals surface area (Å²) in [5.41, 5.74) is 1.81. The number of carbonyl (C=O) groups is 1. The maximum atomic E-state index is 10.3. The van der Waals surface area contributed by atoms with E-state index in [0.29, 0.717) is 17.2 Å². The molecule has 2 rings (SSSR count). The summed E-state index contributed by atoms with van der Waals surface area (Å²) in [4.78, 5) is 10.2. The van der Waals surface area contributed by atoms with E-state index in [2.05, 4.69) is 19.1 Å². The van der Waals surface area contributed by atoms with Crippen molar-refractivity contribution in [3.05, 3.63) is 65.7 Å². The van der Waals surface area contributed by atoms with E-state index in [1.54, 1.807) is 24.3 Å². The quantitative estimate of drug-likeness (QED) is 0.452. The summed E-state index contributed by atoms with van der Waals surface area (Å²) in [5.74, 6) is 0. The summed E-state index contributed by atoms with van der Waals surface area (Å²) in [6, 6.07) is 17.0. The predicted octanol–water partition coefficient (Wildman–Crippen LogP) is 0.528. The maximum absolute atomic E-state index is 10.3. The molecule has 0 atom stereocenters. The molecule has 0 saturated heterocycles. The molecule has 0 aliphatic carbocycles. The van der Waals surface area contributed by atoms with Gasteiger partial charge in [-0.3, -0.25) is 9.36 Å². The molecule has 0 unspecified atom stereocenters. The summed E-state index contributed by atoms with van der Waals surface area (Å²) < 4.78 is 10.3. The first kappa shape index (κ1) is 17.2. The van der Waals surface area contributed by atoms with Crippen molar-refractivity contribution in [2.45, 2.75) is 6.92 Å². The topological polar surface area (TPSA) is 34.1 Å². The van der Waals surface area contributed by atoms with Crippen LogP contribution < -0.4 is 34.9 Å². The summed E-state index contributed by atoms with van der Waals surface area (Å²) >= 11 is 0. The second-order valence-corrected chi connectivity index (χ2v) is 4.09. The van der Waals surface area contributed by atoms with Crippen LogP contribution in [0.15, 0.2) is 54.6 Å². The summed E-state index contributed by atoms with van der Waals surface area (Å²) in [6.07, 6.45) is 0.695. The molecule has 0 N–H and O–H groups in total. The summed E-state index contributed by atoms with van der Waals surface area (Å²) in [7, 11) is -0.103. The molecule has 18 heavy (non-hydrogen) atoms.